The average Bonchev–Trinajstić information content (AvgIpc) is 3.01. The number of anilines is 1. The molecule has 6 heteroatoms. The van der Waals surface area contributed by atoms with Crippen LogP contribution >= 0.6 is 11.3 Å². The van der Waals surface area contributed by atoms with Crippen LogP contribution < -0.4 is 11.1 Å². The molecule has 21 heavy (non-hydrogen) atoms. The summed E-state index contributed by atoms with van der Waals surface area (Å²) in [6, 6.07) is 11.4. The molecule has 0 atom stereocenters. The first-order valence-electron chi connectivity index (χ1n) is 6.57. The molecule has 0 saturated carbocycles. The van der Waals surface area contributed by atoms with E-state index in [0.717, 1.165) is 22.5 Å². The van der Waals surface area contributed by atoms with Crippen LogP contribution in [0.25, 0.3) is 0 Å². The van der Waals surface area contributed by atoms with Gasteiger partial charge in [-0.25, -0.2) is 0 Å². The fraction of sp³-hybridized carbons (Fsp3) is 0.200. The predicted molar refractivity (Wildman–Crippen MR) is 85.4 cm³/mol. The van der Waals surface area contributed by atoms with Gasteiger partial charge in [-0.3, -0.25) is 4.79 Å². The molecule has 0 bridgehead atoms. The zero-order valence-corrected chi connectivity index (χ0v) is 12.5. The standard InChI is InChI=1S/C15H17N3O2S/c1-2-11-5-3-6-12(9-11)17-14(19)10-20-18-15(16)13-7-4-8-21-13/h3-9H,2,10H2,1H3,(H2,16,18)(H,17,19). The first kappa shape index (κ1) is 15.1. The van der Waals surface area contributed by atoms with Crippen molar-refractivity contribution < 1.29 is 9.63 Å². The Kier molecular flexibility index (Phi) is 5.34. The Morgan fingerprint density at radius 3 is 2.95 bits per heavy atom. The summed E-state index contributed by atoms with van der Waals surface area (Å²) >= 11 is 1.46. The molecular weight excluding hydrogens is 286 g/mol. The number of nitrogens with zero attached hydrogens (tertiary/aromatic N) is 1. The van der Waals surface area contributed by atoms with E-state index in [2.05, 4.69) is 17.4 Å². The normalized spacial score (nSPS) is 11.2. The third-order valence-corrected chi connectivity index (χ3v) is 3.64. The van der Waals surface area contributed by atoms with E-state index >= 15 is 0 Å². The molecule has 0 aliphatic heterocycles. The van der Waals surface area contributed by atoms with E-state index in [1.54, 1.807) is 0 Å². The third kappa shape index (κ3) is 4.61. The summed E-state index contributed by atoms with van der Waals surface area (Å²) < 4.78 is 0. The summed E-state index contributed by atoms with van der Waals surface area (Å²) in [5, 5.41) is 8.37. The second-order valence-corrected chi connectivity index (χ2v) is 5.28. The van der Waals surface area contributed by atoms with Gasteiger partial charge in [-0.2, -0.15) is 0 Å². The molecule has 5 nitrogen and oxygen atoms in total. The monoisotopic (exact) mass is 303 g/mol. The second-order valence-electron chi connectivity index (χ2n) is 4.33. The van der Waals surface area contributed by atoms with Crippen LogP contribution in [-0.4, -0.2) is 18.3 Å². The summed E-state index contributed by atoms with van der Waals surface area (Å²) in [5.41, 5.74) is 7.63. The number of amides is 1. The first-order chi connectivity index (χ1) is 10.2. The quantitative estimate of drug-likeness (QED) is 0.489. The zero-order valence-electron chi connectivity index (χ0n) is 11.7. The van der Waals surface area contributed by atoms with E-state index < -0.39 is 0 Å². The lowest BCUT2D eigenvalue weighted by molar-refractivity contribution is -0.120. The van der Waals surface area contributed by atoms with Crippen LogP contribution in [0.15, 0.2) is 46.9 Å². The maximum Gasteiger partial charge on any atom is 0.265 e. The minimum absolute atomic E-state index is 0.178. The summed E-state index contributed by atoms with van der Waals surface area (Å²) in [5.74, 6) is -0.00300. The molecule has 0 aliphatic rings. The number of carbonyl (C=O) groups is 1. The molecule has 2 rings (SSSR count). The van der Waals surface area contributed by atoms with Crippen molar-refractivity contribution in [2.75, 3.05) is 11.9 Å². The molecule has 0 unspecified atom stereocenters. The highest BCUT2D eigenvalue weighted by molar-refractivity contribution is 7.12. The van der Waals surface area contributed by atoms with Gasteiger partial charge < -0.3 is 15.9 Å². The highest BCUT2D eigenvalue weighted by atomic mass is 32.1. The van der Waals surface area contributed by atoms with Crippen molar-refractivity contribution in [2.45, 2.75) is 13.3 Å². The Bertz CT molecular complexity index is 624. The van der Waals surface area contributed by atoms with Gasteiger partial charge in [0.15, 0.2) is 12.4 Å². The number of amidine groups is 1. The molecule has 110 valence electrons. The van der Waals surface area contributed by atoms with Crippen LogP contribution in [0.5, 0.6) is 0 Å². The van der Waals surface area contributed by atoms with Crippen molar-refractivity contribution in [3.8, 4) is 0 Å². The van der Waals surface area contributed by atoms with Gasteiger partial charge in [0.1, 0.15) is 0 Å². The smallest absolute Gasteiger partial charge is 0.265 e. The number of rotatable bonds is 6. The second kappa shape index (κ2) is 7.44. The molecular formula is C15H17N3O2S. The van der Waals surface area contributed by atoms with Crippen molar-refractivity contribution in [1.82, 2.24) is 0 Å². The van der Waals surface area contributed by atoms with Gasteiger partial charge in [0.05, 0.1) is 4.88 Å². The molecule has 0 saturated heterocycles. The van der Waals surface area contributed by atoms with Crippen LogP contribution in [0, 0.1) is 0 Å². The largest absolute Gasteiger partial charge is 0.384 e. The molecule has 1 amide bonds. The molecule has 1 heterocycles. The number of aryl methyl sites for hydroxylation is 1. The Morgan fingerprint density at radius 1 is 1.38 bits per heavy atom. The summed E-state index contributed by atoms with van der Waals surface area (Å²) in [4.78, 5) is 17.5. The number of hydrogen-bond acceptors (Lipinski definition) is 4. The highest BCUT2D eigenvalue weighted by Crippen LogP contribution is 2.11. The van der Waals surface area contributed by atoms with Gasteiger partial charge in [-0.1, -0.05) is 30.3 Å². The number of hydrogen-bond donors (Lipinski definition) is 2. The summed E-state index contributed by atoms with van der Waals surface area (Å²) in [6.45, 7) is 1.88. The zero-order chi connectivity index (χ0) is 15.1. The van der Waals surface area contributed by atoms with Gasteiger partial charge in [0.2, 0.25) is 0 Å². The molecule has 1 aromatic heterocycles. The van der Waals surface area contributed by atoms with Crippen LogP contribution in [-0.2, 0) is 16.1 Å². The van der Waals surface area contributed by atoms with Gasteiger partial charge >= 0.3 is 0 Å². The number of carbonyl (C=O) groups excluding carboxylic acids is 1. The Morgan fingerprint density at radius 2 is 2.24 bits per heavy atom. The Balaban J connectivity index is 1.83. The molecule has 0 aliphatic carbocycles. The lowest BCUT2D eigenvalue weighted by Crippen LogP contribution is -2.19. The molecule has 2 aromatic rings. The van der Waals surface area contributed by atoms with Crippen molar-refractivity contribution in [1.29, 1.82) is 0 Å². The van der Waals surface area contributed by atoms with Gasteiger partial charge in [0, 0.05) is 5.69 Å². The van der Waals surface area contributed by atoms with Gasteiger partial charge in [0.25, 0.3) is 5.91 Å². The number of thiophene rings is 1. The molecule has 1 aromatic carbocycles. The van der Waals surface area contributed by atoms with Crippen LogP contribution in [0.3, 0.4) is 0 Å². The summed E-state index contributed by atoms with van der Waals surface area (Å²) in [6.07, 6.45) is 0.919. The van der Waals surface area contributed by atoms with Crippen LogP contribution in [0.1, 0.15) is 17.4 Å². The molecule has 0 radical (unpaired) electrons. The van der Waals surface area contributed by atoms with Crippen molar-refractivity contribution in [3.05, 3.63) is 52.2 Å². The number of benzene rings is 1. The average molecular weight is 303 g/mol. The lowest BCUT2D eigenvalue weighted by atomic mass is 10.1. The number of nitrogens with one attached hydrogen (secondary N) is 1. The Labute approximate surface area is 127 Å². The molecule has 0 fully saturated rings. The highest BCUT2D eigenvalue weighted by Gasteiger charge is 2.04. The number of oxime groups is 1. The topological polar surface area (TPSA) is 76.7 Å². The maximum absolute atomic E-state index is 11.7. The third-order valence-electron chi connectivity index (χ3n) is 2.75. The maximum atomic E-state index is 11.7. The van der Waals surface area contributed by atoms with E-state index in [1.807, 2.05) is 41.8 Å². The van der Waals surface area contributed by atoms with Crippen LogP contribution in [0.4, 0.5) is 5.69 Å². The van der Waals surface area contributed by atoms with E-state index in [0.29, 0.717) is 0 Å². The fourth-order valence-electron chi connectivity index (χ4n) is 1.70. The van der Waals surface area contributed by atoms with E-state index in [-0.39, 0.29) is 18.3 Å². The van der Waals surface area contributed by atoms with Gasteiger partial charge in [-0.15, -0.1) is 11.3 Å². The van der Waals surface area contributed by atoms with E-state index in [1.165, 1.54) is 11.3 Å². The van der Waals surface area contributed by atoms with E-state index in [9.17, 15) is 4.79 Å². The first-order valence-corrected chi connectivity index (χ1v) is 7.45. The van der Waals surface area contributed by atoms with Crippen molar-refractivity contribution >= 4 is 28.8 Å². The predicted octanol–water partition coefficient (Wildman–Crippen LogP) is 2.59. The Hall–Kier alpha value is -2.34. The minimum atomic E-state index is -0.272. The van der Waals surface area contributed by atoms with Crippen molar-refractivity contribution in [3.63, 3.8) is 0 Å². The lowest BCUT2D eigenvalue weighted by Gasteiger charge is -2.06. The summed E-state index contributed by atoms with van der Waals surface area (Å²) in [7, 11) is 0. The van der Waals surface area contributed by atoms with Gasteiger partial charge in [-0.05, 0) is 35.6 Å². The minimum Gasteiger partial charge on any atom is -0.384 e. The molecule has 0 spiro atoms. The van der Waals surface area contributed by atoms with Crippen LogP contribution in [0.2, 0.25) is 0 Å². The SMILES string of the molecule is CCc1cccc(NC(=O)CO/N=C(\N)c2cccs2)c1. The van der Waals surface area contributed by atoms with Crippen molar-refractivity contribution in [2.24, 2.45) is 10.9 Å². The van der Waals surface area contributed by atoms with E-state index in [4.69, 9.17) is 10.6 Å². The number of nitrogens with two attached hydrogens (primary N) is 1. The fourth-order valence-corrected chi connectivity index (χ4v) is 2.31. The molecule has 3 N–H and O–H groups in total.